The van der Waals surface area contributed by atoms with Crippen LogP contribution in [0, 0.1) is 11.8 Å². The van der Waals surface area contributed by atoms with Crippen molar-refractivity contribution in [1.29, 1.82) is 0 Å². The van der Waals surface area contributed by atoms with Crippen molar-refractivity contribution in [2.75, 3.05) is 13.2 Å². The first-order valence-electron chi connectivity index (χ1n) is 8.74. The van der Waals surface area contributed by atoms with Crippen molar-refractivity contribution < 1.29 is 14.3 Å². The summed E-state index contributed by atoms with van der Waals surface area (Å²) in [6.45, 7) is 5.82. The predicted octanol–water partition coefficient (Wildman–Crippen LogP) is 2.00. The third-order valence-electron chi connectivity index (χ3n) is 5.18. The summed E-state index contributed by atoms with van der Waals surface area (Å²) in [5.41, 5.74) is 0. The molecule has 1 aliphatic carbocycles. The molecule has 0 aromatic rings. The largest absolute Gasteiger partial charge is 0.376 e. The summed E-state index contributed by atoms with van der Waals surface area (Å²) in [5.74, 6) is 1.12. The Labute approximate surface area is 133 Å². The lowest BCUT2D eigenvalue weighted by Gasteiger charge is -2.34. The predicted molar refractivity (Wildman–Crippen MR) is 85.3 cm³/mol. The first-order valence-corrected chi connectivity index (χ1v) is 8.74. The van der Waals surface area contributed by atoms with E-state index in [0.717, 1.165) is 25.9 Å². The number of nitrogens with one attached hydrogen (secondary N) is 2. The van der Waals surface area contributed by atoms with Gasteiger partial charge in [0.1, 0.15) is 0 Å². The van der Waals surface area contributed by atoms with E-state index in [1.807, 2.05) is 0 Å². The van der Waals surface area contributed by atoms with Crippen molar-refractivity contribution in [3.05, 3.63) is 0 Å². The SMILES string of the molecule is C[C@@H]1[C@H](C)CCC[C@@H]1NC(=O)CCC(=O)NC[C@H]1CCCO1. The van der Waals surface area contributed by atoms with Crippen molar-refractivity contribution in [3.63, 3.8) is 0 Å². The second kappa shape index (κ2) is 8.51. The van der Waals surface area contributed by atoms with Gasteiger partial charge in [0, 0.05) is 32.0 Å². The molecule has 0 spiro atoms. The number of carbonyl (C=O) groups is 2. The van der Waals surface area contributed by atoms with Crippen LogP contribution in [0.1, 0.15) is 58.8 Å². The van der Waals surface area contributed by atoms with E-state index in [2.05, 4.69) is 24.5 Å². The van der Waals surface area contributed by atoms with Crippen LogP contribution in [0.4, 0.5) is 0 Å². The fraction of sp³-hybridized carbons (Fsp3) is 0.882. The lowest BCUT2D eigenvalue weighted by atomic mass is 9.78. The molecule has 1 saturated carbocycles. The number of ether oxygens (including phenoxy) is 1. The summed E-state index contributed by atoms with van der Waals surface area (Å²) in [4.78, 5) is 23.8. The standard InChI is InChI=1S/C17H30N2O3/c1-12-5-3-7-15(13(12)2)19-17(21)9-8-16(20)18-11-14-6-4-10-22-14/h12-15H,3-11H2,1-2H3,(H,18,20)(H,19,21)/t12-,13-,14-,15+/m1/s1. The summed E-state index contributed by atoms with van der Waals surface area (Å²) in [5, 5.41) is 5.96. The van der Waals surface area contributed by atoms with Crippen molar-refractivity contribution >= 4 is 11.8 Å². The van der Waals surface area contributed by atoms with Gasteiger partial charge in [-0.15, -0.1) is 0 Å². The Kier molecular flexibility index (Phi) is 6.68. The monoisotopic (exact) mass is 310 g/mol. The van der Waals surface area contributed by atoms with E-state index in [0.29, 0.717) is 18.4 Å². The molecule has 1 aliphatic heterocycles. The minimum atomic E-state index is -0.0595. The lowest BCUT2D eigenvalue weighted by Crippen LogP contribution is -2.44. The zero-order valence-corrected chi connectivity index (χ0v) is 13.9. The van der Waals surface area contributed by atoms with Gasteiger partial charge in [-0.3, -0.25) is 9.59 Å². The summed E-state index contributed by atoms with van der Waals surface area (Å²) in [7, 11) is 0. The van der Waals surface area contributed by atoms with E-state index in [9.17, 15) is 9.59 Å². The van der Waals surface area contributed by atoms with Crippen LogP contribution in [-0.4, -0.2) is 37.1 Å². The molecular formula is C17H30N2O3. The zero-order valence-electron chi connectivity index (χ0n) is 13.9. The van der Waals surface area contributed by atoms with Crippen molar-refractivity contribution in [2.24, 2.45) is 11.8 Å². The Balaban J connectivity index is 1.61. The maximum atomic E-state index is 12.0. The minimum Gasteiger partial charge on any atom is -0.376 e. The highest BCUT2D eigenvalue weighted by Gasteiger charge is 2.28. The van der Waals surface area contributed by atoms with Gasteiger partial charge < -0.3 is 15.4 Å². The van der Waals surface area contributed by atoms with Gasteiger partial charge in [0.2, 0.25) is 11.8 Å². The molecule has 126 valence electrons. The second-order valence-electron chi connectivity index (χ2n) is 6.88. The van der Waals surface area contributed by atoms with Crippen LogP contribution in [-0.2, 0) is 14.3 Å². The molecule has 2 aliphatic rings. The van der Waals surface area contributed by atoms with Crippen LogP contribution in [0.5, 0.6) is 0 Å². The van der Waals surface area contributed by atoms with Crippen LogP contribution in [0.15, 0.2) is 0 Å². The Morgan fingerprint density at radius 2 is 1.82 bits per heavy atom. The van der Waals surface area contributed by atoms with Crippen LogP contribution in [0.25, 0.3) is 0 Å². The second-order valence-corrected chi connectivity index (χ2v) is 6.88. The highest BCUT2D eigenvalue weighted by molar-refractivity contribution is 5.83. The van der Waals surface area contributed by atoms with E-state index in [1.54, 1.807) is 0 Å². The molecule has 5 heteroatoms. The average Bonchev–Trinajstić information content (AvgIpc) is 3.01. The number of carbonyl (C=O) groups excluding carboxylic acids is 2. The summed E-state index contributed by atoms with van der Waals surface area (Å²) >= 11 is 0. The van der Waals surface area contributed by atoms with Crippen LogP contribution in [0.2, 0.25) is 0 Å². The molecule has 2 amide bonds. The first kappa shape index (κ1) is 17.3. The average molecular weight is 310 g/mol. The van der Waals surface area contributed by atoms with Crippen LogP contribution >= 0.6 is 0 Å². The first-order chi connectivity index (χ1) is 10.6. The number of hydrogen-bond acceptors (Lipinski definition) is 3. The van der Waals surface area contributed by atoms with Gasteiger partial charge in [0.25, 0.3) is 0 Å². The Morgan fingerprint density at radius 3 is 2.55 bits per heavy atom. The molecule has 0 aromatic carbocycles. The normalized spacial score (nSPS) is 31.7. The zero-order chi connectivity index (χ0) is 15.9. The lowest BCUT2D eigenvalue weighted by molar-refractivity contribution is -0.127. The fourth-order valence-electron chi connectivity index (χ4n) is 3.41. The highest BCUT2D eigenvalue weighted by Crippen LogP contribution is 2.29. The van der Waals surface area contributed by atoms with Gasteiger partial charge in [0.15, 0.2) is 0 Å². The van der Waals surface area contributed by atoms with E-state index in [1.165, 1.54) is 12.8 Å². The van der Waals surface area contributed by atoms with Crippen LogP contribution in [0.3, 0.4) is 0 Å². The third kappa shape index (κ3) is 5.27. The minimum absolute atomic E-state index is 0.00165. The molecular weight excluding hydrogens is 280 g/mol. The molecule has 1 saturated heterocycles. The van der Waals surface area contributed by atoms with E-state index < -0.39 is 0 Å². The molecule has 22 heavy (non-hydrogen) atoms. The molecule has 2 rings (SSSR count). The Bertz CT molecular complexity index is 380. The van der Waals surface area contributed by atoms with Crippen molar-refractivity contribution in [1.82, 2.24) is 10.6 Å². The maximum absolute atomic E-state index is 12.0. The van der Waals surface area contributed by atoms with E-state index >= 15 is 0 Å². The summed E-state index contributed by atoms with van der Waals surface area (Å²) < 4.78 is 5.46. The van der Waals surface area contributed by atoms with E-state index in [4.69, 9.17) is 4.74 Å². The van der Waals surface area contributed by atoms with Gasteiger partial charge in [-0.05, 0) is 31.1 Å². The fourth-order valence-corrected chi connectivity index (χ4v) is 3.41. The van der Waals surface area contributed by atoms with Gasteiger partial charge in [-0.25, -0.2) is 0 Å². The molecule has 0 bridgehead atoms. The number of hydrogen-bond donors (Lipinski definition) is 2. The van der Waals surface area contributed by atoms with Gasteiger partial charge in [-0.1, -0.05) is 26.7 Å². The van der Waals surface area contributed by atoms with E-state index in [-0.39, 0.29) is 36.8 Å². The topological polar surface area (TPSA) is 67.4 Å². The quantitative estimate of drug-likeness (QED) is 0.788. The summed E-state index contributed by atoms with van der Waals surface area (Å²) in [6, 6.07) is 0.270. The maximum Gasteiger partial charge on any atom is 0.220 e. The molecule has 2 N–H and O–H groups in total. The molecule has 1 heterocycles. The van der Waals surface area contributed by atoms with Gasteiger partial charge in [-0.2, -0.15) is 0 Å². The highest BCUT2D eigenvalue weighted by atomic mass is 16.5. The number of rotatable bonds is 6. The van der Waals surface area contributed by atoms with Crippen molar-refractivity contribution in [3.8, 4) is 0 Å². The number of amides is 2. The third-order valence-corrected chi connectivity index (χ3v) is 5.18. The summed E-state index contributed by atoms with van der Waals surface area (Å²) in [6.07, 6.45) is 6.26. The van der Waals surface area contributed by atoms with Crippen LogP contribution < -0.4 is 10.6 Å². The van der Waals surface area contributed by atoms with Crippen molar-refractivity contribution in [2.45, 2.75) is 70.9 Å². The smallest absolute Gasteiger partial charge is 0.220 e. The van der Waals surface area contributed by atoms with Gasteiger partial charge in [0.05, 0.1) is 6.10 Å². The Hall–Kier alpha value is -1.10. The molecule has 0 radical (unpaired) electrons. The molecule has 0 unspecified atom stereocenters. The Morgan fingerprint density at radius 1 is 1.05 bits per heavy atom. The van der Waals surface area contributed by atoms with Gasteiger partial charge >= 0.3 is 0 Å². The molecule has 0 aromatic heterocycles. The molecule has 2 fully saturated rings. The molecule has 4 atom stereocenters. The molecule has 5 nitrogen and oxygen atoms in total.